The predicted molar refractivity (Wildman–Crippen MR) is 75.6 cm³/mol. The zero-order chi connectivity index (χ0) is 14.9. The van der Waals surface area contributed by atoms with E-state index in [-0.39, 0.29) is 11.9 Å². The molecule has 1 aromatic heterocycles. The number of rotatable bonds is 3. The van der Waals surface area contributed by atoms with Crippen molar-refractivity contribution in [2.45, 2.75) is 32.9 Å². The number of carbonyl (C=O) groups excluding carboxylic acids is 1. The summed E-state index contributed by atoms with van der Waals surface area (Å²) in [4.78, 5) is 31.9. The van der Waals surface area contributed by atoms with Gasteiger partial charge in [-0.25, -0.2) is 14.6 Å². The minimum atomic E-state index is -0.925. The second-order valence-corrected chi connectivity index (χ2v) is 6.18. The van der Waals surface area contributed by atoms with Gasteiger partial charge in [-0.2, -0.15) is 0 Å². The van der Waals surface area contributed by atoms with Gasteiger partial charge in [0.2, 0.25) is 0 Å². The number of hydrogen-bond donors (Lipinski definition) is 1. The fourth-order valence-corrected chi connectivity index (χ4v) is 3.35. The molecule has 6 nitrogen and oxygen atoms in total. The van der Waals surface area contributed by atoms with Gasteiger partial charge in [0.15, 0.2) is 0 Å². The minimum absolute atomic E-state index is 0.00464. The molecule has 2 heterocycles. The molecule has 2 unspecified atom stereocenters. The first kappa shape index (κ1) is 14.8. The number of aryl methyl sites for hydroxylation is 1. The largest absolute Gasteiger partial charge is 0.480 e. The number of likely N-dealkylation sites (tertiary alicyclic amines) is 1. The summed E-state index contributed by atoms with van der Waals surface area (Å²) in [7, 11) is 1.70. The van der Waals surface area contributed by atoms with Crippen LogP contribution in [0.4, 0.5) is 4.79 Å². The Labute approximate surface area is 122 Å². The van der Waals surface area contributed by atoms with Gasteiger partial charge in [0.1, 0.15) is 6.04 Å². The van der Waals surface area contributed by atoms with Crippen molar-refractivity contribution in [2.75, 3.05) is 13.6 Å². The lowest BCUT2D eigenvalue weighted by atomic mass is 10.0. The molecule has 2 amide bonds. The van der Waals surface area contributed by atoms with Crippen LogP contribution in [-0.2, 0) is 11.3 Å². The van der Waals surface area contributed by atoms with Gasteiger partial charge in [0.25, 0.3) is 0 Å². The maximum atomic E-state index is 12.4. The Morgan fingerprint density at radius 1 is 1.60 bits per heavy atom. The zero-order valence-corrected chi connectivity index (χ0v) is 12.7. The van der Waals surface area contributed by atoms with Gasteiger partial charge in [0.05, 0.1) is 17.7 Å². The normalized spacial score (nSPS) is 22.1. The molecule has 0 aliphatic carbocycles. The Hall–Kier alpha value is -1.63. The van der Waals surface area contributed by atoms with E-state index in [1.54, 1.807) is 17.5 Å². The first-order valence-corrected chi connectivity index (χ1v) is 7.43. The molecule has 0 spiro atoms. The molecule has 110 valence electrons. The molecule has 0 radical (unpaired) electrons. The van der Waals surface area contributed by atoms with Gasteiger partial charge in [-0.3, -0.25) is 0 Å². The quantitative estimate of drug-likeness (QED) is 0.923. The van der Waals surface area contributed by atoms with Crippen molar-refractivity contribution in [3.8, 4) is 0 Å². The Balaban J connectivity index is 2.07. The number of hydrogen-bond acceptors (Lipinski definition) is 4. The Morgan fingerprint density at radius 3 is 2.85 bits per heavy atom. The molecule has 2 rings (SSSR count). The van der Waals surface area contributed by atoms with Gasteiger partial charge in [-0.05, 0) is 19.3 Å². The highest BCUT2D eigenvalue weighted by Crippen LogP contribution is 2.26. The highest BCUT2D eigenvalue weighted by Gasteiger charge is 2.40. The number of carboxylic acid groups (broad SMARTS) is 1. The number of nitrogens with zero attached hydrogens (tertiary/aromatic N) is 3. The third-order valence-corrected chi connectivity index (χ3v) is 4.67. The van der Waals surface area contributed by atoms with Crippen LogP contribution in [0.1, 0.15) is 23.9 Å². The number of amides is 2. The smallest absolute Gasteiger partial charge is 0.326 e. The van der Waals surface area contributed by atoms with Crippen LogP contribution in [0, 0.1) is 12.8 Å². The molecule has 1 N–H and O–H groups in total. The molecular weight excluding hydrogens is 278 g/mol. The van der Waals surface area contributed by atoms with E-state index >= 15 is 0 Å². The van der Waals surface area contributed by atoms with Crippen LogP contribution in [-0.4, -0.2) is 51.5 Å². The maximum absolute atomic E-state index is 12.4. The van der Waals surface area contributed by atoms with Gasteiger partial charge in [-0.15, -0.1) is 11.3 Å². The molecule has 1 fully saturated rings. The van der Waals surface area contributed by atoms with Crippen LogP contribution in [0.5, 0.6) is 0 Å². The molecule has 1 aliphatic rings. The van der Waals surface area contributed by atoms with Crippen molar-refractivity contribution < 1.29 is 14.7 Å². The van der Waals surface area contributed by atoms with Crippen molar-refractivity contribution >= 4 is 23.3 Å². The molecule has 2 atom stereocenters. The minimum Gasteiger partial charge on any atom is -0.480 e. The van der Waals surface area contributed by atoms with Crippen molar-refractivity contribution in [3.63, 3.8) is 0 Å². The van der Waals surface area contributed by atoms with Gasteiger partial charge in [-0.1, -0.05) is 6.92 Å². The molecule has 0 bridgehead atoms. The molecule has 0 saturated carbocycles. The monoisotopic (exact) mass is 297 g/mol. The number of carbonyl (C=O) groups is 2. The highest BCUT2D eigenvalue weighted by atomic mass is 32.1. The number of urea groups is 1. The molecule has 1 aromatic rings. The first-order chi connectivity index (χ1) is 9.41. The van der Waals surface area contributed by atoms with Crippen molar-refractivity contribution in [2.24, 2.45) is 5.92 Å². The van der Waals surface area contributed by atoms with Crippen molar-refractivity contribution in [3.05, 3.63) is 16.1 Å². The summed E-state index contributed by atoms with van der Waals surface area (Å²) in [6.45, 7) is 4.75. The SMILES string of the molecule is Cc1ncsc1CN(C)C(=O)N1CCC(C)C1C(=O)O. The summed E-state index contributed by atoms with van der Waals surface area (Å²) >= 11 is 1.51. The van der Waals surface area contributed by atoms with Crippen LogP contribution >= 0.6 is 11.3 Å². The van der Waals surface area contributed by atoms with Crippen molar-refractivity contribution in [1.29, 1.82) is 0 Å². The maximum Gasteiger partial charge on any atom is 0.326 e. The lowest BCUT2D eigenvalue weighted by molar-refractivity contribution is -0.142. The van der Waals surface area contributed by atoms with E-state index in [1.807, 2.05) is 13.8 Å². The number of carboxylic acids is 1. The number of aliphatic carboxylic acids is 1. The van der Waals surface area contributed by atoms with Crippen molar-refractivity contribution in [1.82, 2.24) is 14.8 Å². The van der Waals surface area contributed by atoms with Crippen LogP contribution in [0.3, 0.4) is 0 Å². The summed E-state index contributed by atoms with van der Waals surface area (Å²) < 4.78 is 0. The first-order valence-electron chi connectivity index (χ1n) is 6.55. The molecule has 1 saturated heterocycles. The second kappa shape index (κ2) is 5.78. The Bertz CT molecular complexity index is 517. The Kier molecular flexibility index (Phi) is 4.27. The molecule has 1 aliphatic heterocycles. The number of thiazole rings is 1. The standard InChI is InChI=1S/C13H19N3O3S/c1-8-4-5-16(11(8)12(17)18)13(19)15(3)6-10-9(2)14-7-20-10/h7-8,11H,4-6H2,1-3H3,(H,17,18). The molecular formula is C13H19N3O3S. The predicted octanol–water partition coefficient (Wildman–Crippen LogP) is 1.80. The highest BCUT2D eigenvalue weighted by molar-refractivity contribution is 7.09. The van der Waals surface area contributed by atoms with E-state index in [0.29, 0.717) is 13.1 Å². The summed E-state index contributed by atoms with van der Waals surface area (Å²) in [6.07, 6.45) is 0.732. The average Bonchev–Trinajstić information content (AvgIpc) is 2.95. The summed E-state index contributed by atoms with van der Waals surface area (Å²) in [5, 5.41) is 9.27. The lowest BCUT2D eigenvalue weighted by Gasteiger charge is -2.28. The molecule has 0 aromatic carbocycles. The topological polar surface area (TPSA) is 73.7 Å². The van der Waals surface area contributed by atoms with Crippen LogP contribution in [0.2, 0.25) is 0 Å². The average molecular weight is 297 g/mol. The van der Waals surface area contributed by atoms with E-state index in [4.69, 9.17) is 0 Å². The van der Waals surface area contributed by atoms with E-state index < -0.39 is 12.0 Å². The third-order valence-electron chi connectivity index (χ3n) is 3.75. The zero-order valence-electron chi connectivity index (χ0n) is 11.9. The summed E-state index contributed by atoms with van der Waals surface area (Å²) in [5.74, 6) is -0.930. The summed E-state index contributed by atoms with van der Waals surface area (Å²) in [5.41, 5.74) is 2.67. The van der Waals surface area contributed by atoms with Crippen LogP contribution < -0.4 is 0 Å². The summed E-state index contributed by atoms with van der Waals surface area (Å²) in [6, 6.07) is -0.943. The number of aromatic nitrogens is 1. The van der Waals surface area contributed by atoms with Gasteiger partial charge < -0.3 is 14.9 Å². The fourth-order valence-electron chi connectivity index (χ4n) is 2.52. The second-order valence-electron chi connectivity index (χ2n) is 5.24. The third kappa shape index (κ3) is 2.77. The van der Waals surface area contributed by atoms with Crippen LogP contribution in [0.15, 0.2) is 5.51 Å². The lowest BCUT2D eigenvalue weighted by Crippen LogP contribution is -2.47. The Morgan fingerprint density at radius 2 is 2.30 bits per heavy atom. The van der Waals surface area contributed by atoms with Crippen LogP contribution in [0.25, 0.3) is 0 Å². The fraction of sp³-hybridized carbons (Fsp3) is 0.615. The van der Waals surface area contributed by atoms with E-state index in [1.165, 1.54) is 16.2 Å². The molecule has 20 heavy (non-hydrogen) atoms. The van der Waals surface area contributed by atoms with E-state index in [0.717, 1.165) is 17.0 Å². The van der Waals surface area contributed by atoms with E-state index in [9.17, 15) is 14.7 Å². The molecule has 7 heteroatoms. The van der Waals surface area contributed by atoms with Gasteiger partial charge in [0, 0.05) is 18.5 Å². The van der Waals surface area contributed by atoms with Gasteiger partial charge >= 0.3 is 12.0 Å². The van der Waals surface area contributed by atoms with E-state index in [2.05, 4.69) is 4.98 Å².